The zero-order valence-corrected chi connectivity index (χ0v) is 12.1. The van der Waals surface area contributed by atoms with Crippen LogP contribution in [-0.4, -0.2) is 17.7 Å². The van der Waals surface area contributed by atoms with E-state index in [-0.39, 0.29) is 18.5 Å². The SMILES string of the molecule is CCC(C)(NC(=O)NCc1cccc(C(F)F)c1)C(F)(F)F. The van der Waals surface area contributed by atoms with Crippen molar-refractivity contribution < 1.29 is 26.7 Å². The van der Waals surface area contributed by atoms with Gasteiger partial charge in [0.2, 0.25) is 0 Å². The van der Waals surface area contributed by atoms with Gasteiger partial charge in [0.25, 0.3) is 6.43 Å². The average molecular weight is 324 g/mol. The van der Waals surface area contributed by atoms with E-state index in [1.807, 2.05) is 5.32 Å². The van der Waals surface area contributed by atoms with Crippen molar-refractivity contribution in [3.63, 3.8) is 0 Å². The first-order valence-electron chi connectivity index (χ1n) is 6.59. The van der Waals surface area contributed by atoms with Gasteiger partial charge in [-0.15, -0.1) is 0 Å². The van der Waals surface area contributed by atoms with Gasteiger partial charge in [0.1, 0.15) is 5.54 Å². The molecule has 0 aliphatic rings. The molecule has 0 aliphatic heterocycles. The van der Waals surface area contributed by atoms with Gasteiger partial charge in [-0.1, -0.05) is 25.1 Å². The number of urea groups is 1. The molecular weight excluding hydrogens is 307 g/mol. The molecule has 2 N–H and O–H groups in total. The van der Waals surface area contributed by atoms with Crippen LogP contribution in [-0.2, 0) is 6.54 Å². The second-order valence-electron chi connectivity index (χ2n) is 5.04. The Labute approximate surface area is 124 Å². The number of nitrogens with one attached hydrogen (secondary N) is 2. The Morgan fingerprint density at radius 1 is 1.27 bits per heavy atom. The van der Waals surface area contributed by atoms with Crippen molar-refractivity contribution in [2.45, 2.75) is 45.0 Å². The summed E-state index contributed by atoms with van der Waals surface area (Å²) >= 11 is 0. The van der Waals surface area contributed by atoms with Gasteiger partial charge in [-0.2, -0.15) is 13.2 Å². The first kappa shape index (κ1) is 18.2. The standard InChI is InChI=1S/C14H17F5N2O/c1-3-13(2,14(17,18)19)21-12(22)20-8-9-5-4-6-10(7-9)11(15)16/h4-7,11H,3,8H2,1-2H3,(H2,20,21,22). The number of hydrogen-bond acceptors (Lipinski definition) is 1. The van der Waals surface area contributed by atoms with Crippen LogP contribution in [0.3, 0.4) is 0 Å². The Morgan fingerprint density at radius 2 is 1.91 bits per heavy atom. The molecule has 0 heterocycles. The second-order valence-corrected chi connectivity index (χ2v) is 5.04. The molecule has 124 valence electrons. The van der Waals surface area contributed by atoms with E-state index in [2.05, 4.69) is 5.32 Å². The van der Waals surface area contributed by atoms with E-state index in [4.69, 9.17) is 0 Å². The minimum Gasteiger partial charge on any atom is -0.334 e. The van der Waals surface area contributed by atoms with Crippen molar-refractivity contribution in [3.8, 4) is 0 Å². The molecule has 0 saturated carbocycles. The fraction of sp³-hybridized carbons (Fsp3) is 0.500. The van der Waals surface area contributed by atoms with Gasteiger partial charge >= 0.3 is 12.2 Å². The van der Waals surface area contributed by atoms with Crippen LogP contribution in [0.2, 0.25) is 0 Å². The molecule has 0 bridgehead atoms. The summed E-state index contributed by atoms with van der Waals surface area (Å²) in [7, 11) is 0. The number of halogens is 5. The Bertz CT molecular complexity index is 518. The molecular formula is C14H17F5N2O. The van der Waals surface area contributed by atoms with Crippen LogP contribution < -0.4 is 10.6 Å². The van der Waals surface area contributed by atoms with Crippen molar-refractivity contribution in [2.24, 2.45) is 0 Å². The molecule has 22 heavy (non-hydrogen) atoms. The summed E-state index contributed by atoms with van der Waals surface area (Å²) in [4.78, 5) is 11.6. The number of carbonyl (C=O) groups excluding carboxylic acids is 1. The lowest BCUT2D eigenvalue weighted by molar-refractivity contribution is -0.188. The first-order valence-corrected chi connectivity index (χ1v) is 6.59. The number of benzene rings is 1. The van der Waals surface area contributed by atoms with Crippen LogP contribution in [0.15, 0.2) is 24.3 Å². The minimum atomic E-state index is -4.59. The lowest BCUT2D eigenvalue weighted by Gasteiger charge is -2.31. The second kappa shape index (κ2) is 6.93. The van der Waals surface area contributed by atoms with Crippen molar-refractivity contribution in [1.82, 2.24) is 10.6 Å². The van der Waals surface area contributed by atoms with Gasteiger partial charge in [0, 0.05) is 12.1 Å². The largest absolute Gasteiger partial charge is 0.411 e. The van der Waals surface area contributed by atoms with Crippen LogP contribution >= 0.6 is 0 Å². The maximum absolute atomic E-state index is 12.8. The summed E-state index contributed by atoms with van der Waals surface area (Å²) in [5.74, 6) is 0. The van der Waals surface area contributed by atoms with Gasteiger partial charge in [-0.05, 0) is 25.0 Å². The first-order chi connectivity index (χ1) is 10.1. The summed E-state index contributed by atoms with van der Waals surface area (Å²) in [6.45, 7) is 2.04. The van der Waals surface area contributed by atoms with Crippen molar-refractivity contribution in [1.29, 1.82) is 0 Å². The van der Waals surface area contributed by atoms with E-state index in [1.54, 1.807) is 0 Å². The summed E-state index contributed by atoms with van der Waals surface area (Å²) in [6, 6.07) is 4.29. The molecule has 0 fully saturated rings. The smallest absolute Gasteiger partial charge is 0.334 e. The highest BCUT2D eigenvalue weighted by atomic mass is 19.4. The van der Waals surface area contributed by atoms with Crippen LogP contribution in [0.4, 0.5) is 26.7 Å². The van der Waals surface area contributed by atoms with Crippen LogP contribution in [0.5, 0.6) is 0 Å². The number of alkyl halides is 5. The molecule has 0 aromatic heterocycles. The van der Waals surface area contributed by atoms with Gasteiger partial charge in [-0.3, -0.25) is 0 Å². The lowest BCUT2D eigenvalue weighted by Crippen LogP contribution is -2.58. The van der Waals surface area contributed by atoms with E-state index in [0.29, 0.717) is 5.56 Å². The highest BCUT2D eigenvalue weighted by molar-refractivity contribution is 5.74. The Balaban J connectivity index is 2.65. The van der Waals surface area contributed by atoms with E-state index in [9.17, 15) is 26.7 Å². The lowest BCUT2D eigenvalue weighted by atomic mass is 9.98. The third-order valence-electron chi connectivity index (χ3n) is 3.38. The molecule has 0 spiro atoms. The Kier molecular flexibility index (Phi) is 5.73. The Morgan fingerprint density at radius 3 is 2.41 bits per heavy atom. The summed E-state index contributed by atoms with van der Waals surface area (Å²) in [6.07, 6.45) is -7.57. The van der Waals surface area contributed by atoms with E-state index in [1.165, 1.54) is 31.2 Å². The van der Waals surface area contributed by atoms with Gasteiger partial charge in [-0.25, -0.2) is 13.6 Å². The predicted molar refractivity (Wildman–Crippen MR) is 71.5 cm³/mol. The van der Waals surface area contributed by atoms with Gasteiger partial charge in [0.05, 0.1) is 0 Å². The molecule has 0 saturated heterocycles. The maximum atomic E-state index is 12.8. The normalized spacial score (nSPS) is 14.5. The third kappa shape index (κ3) is 4.57. The van der Waals surface area contributed by atoms with Crippen molar-refractivity contribution in [3.05, 3.63) is 35.4 Å². The molecule has 1 aromatic rings. The van der Waals surface area contributed by atoms with E-state index in [0.717, 1.165) is 6.92 Å². The van der Waals surface area contributed by atoms with Crippen LogP contribution in [0.25, 0.3) is 0 Å². The number of amides is 2. The fourth-order valence-corrected chi connectivity index (χ4v) is 1.68. The van der Waals surface area contributed by atoms with Crippen LogP contribution in [0.1, 0.15) is 37.8 Å². The fourth-order valence-electron chi connectivity index (χ4n) is 1.68. The highest BCUT2D eigenvalue weighted by Gasteiger charge is 2.50. The maximum Gasteiger partial charge on any atom is 0.411 e. The summed E-state index contributed by atoms with van der Waals surface area (Å²) < 4.78 is 63.6. The molecule has 1 rings (SSSR count). The zero-order valence-electron chi connectivity index (χ0n) is 12.1. The van der Waals surface area contributed by atoms with Crippen molar-refractivity contribution in [2.75, 3.05) is 0 Å². The molecule has 2 amide bonds. The highest BCUT2D eigenvalue weighted by Crippen LogP contribution is 2.32. The van der Waals surface area contributed by atoms with E-state index < -0.39 is 24.2 Å². The minimum absolute atomic E-state index is 0.149. The summed E-state index contributed by atoms with van der Waals surface area (Å²) in [5.41, 5.74) is -2.19. The quantitative estimate of drug-likeness (QED) is 0.785. The molecule has 1 aromatic carbocycles. The van der Waals surface area contributed by atoms with Crippen molar-refractivity contribution >= 4 is 6.03 Å². The van der Waals surface area contributed by atoms with Gasteiger partial charge in [0.15, 0.2) is 0 Å². The Hall–Kier alpha value is -1.86. The third-order valence-corrected chi connectivity index (χ3v) is 3.38. The number of hydrogen-bond donors (Lipinski definition) is 2. The molecule has 0 aliphatic carbocycles. The van der Waals surface area contributed by atoms with Crippen LogP contribution in [0, 0.1) is 0 Å². The topological polar surface area (TPSA) is 41.1 Å². The monoisotopic (exact) mass is 324 g/mol. The zero-order chi connectivity index (χ0) is 17.0. The average Bonchev–Trinajstić information content (AvgIpc) is 2.44. The molecule has 8 heteroatoms. The summed E-state index contributed by atoms with van der Waals surface area (Å²) in [5, 5.41) is 4.10. The molecule has 0 radical (unpaired) electrons. The molecule has 1 atom stereocenters. The molecule has 1 unspecified atom stereocenters. The van der Waals surface area contributed by atoms with E-state index >= 15 is 0 Å². The van der Waals surface area contributed by atoms with Gasteiger partial charge < -0.3 is 10.6 Å². The predicted octanol–water partition coefficient (Wildman–Crippen LogP) is 4.15. The molecule has 3 nitrogen and oxygen atoms in total. The number of carbonyl (C=O) groups is 1. The number of rotatable bonds is 5.